The lowest BCUT2D eigenvalue weighted by Crippen LogP contribution is -2.21. The number of pyridine rings is 1. The smallest absolute Gasteiger partial charge is 0.141 e. The van der Waals surface area contributed by atoms with Gasteiger partial charge in [0.15, 0.2) is 0 Å². The summed E-state index contributed by atoms with van der Waals surface area (Å²) in [7, 11) is 1.66. The minimum absolute atomic E-state index is 0.0915. The molecule has 1 atom stereocenters. The van der Waals surface area contributed by atoms with Crippen LogP contribution in [0.25, 0.3) is 0 Å². The summed E-state index contributed by atoms with van der Waals surface area (Å²) in [6.45, 7) is 6.05. The van der Waals surface area contributed by atoms with Crippen LogP contribution in [0.3, 0.4) is 0 Å². The average Bonchev–Trinajstić information content (AvgIpc) is 2.34. The van der Waals surface area contributed by atoms with Gasteiger partial charge in [-0.3, -0.25) is 0 Å². The number of halogens is 1. The van der Waals surface area contributed by atoms with E-state index in [1.54, 1.807) is 7.11 Å². The van der Waals surface area contributed by atoms with Gasteiger partial charge in [-0.15, -0.1) is 0 Å². The summed E-state index contributed by atoms with van der Waals surface area (Å²) < 4.78 is 18.2. The number of anilines is 1. The first-order chi connectivity index (χ1) is 8.17. The average molecular weight is 241 g/mol. The standard InChI is InChI=1S/C12H20FN3O/c1-4-14-7-10-5-11(13)8-16-12(10)15-6-9(2)17-3/h5,8-9,14H,4,6-7H2,1-3H3,(H,15,16). The highest BCUT2D eigenvalue weighted by atomic mass is 19.1. The fourth-order valence-corrected chi connectivity index (χ4v) is 1.36. The van der Waals surface area contributed by atoms with Crippen molar-refractivity contribution in [2.24, 2.45) is 0 Å². The summed E-state index contributed by atoms with van der Waals surface area (Å²) in [5.41, 5.74) is 0.829. The van der Waals surface area contributed by atoms with E-state index in [0.29, 0.717) is 18.9 Å². The summed E-state index contributed by atoms with van der Waals surface area (Å²) >= 11 is 0. The molecule has 1 unspecified atom stereocenters. The van der Waals surface area contributed by atoms with Crippen LogP contribution in [0.15, 0.2) is 12.3 Å². The van der Waals surface area contributed by atoms with Gasteiger partial charge in [-0.1, -0.05) is 6.92 Å². The van der Waals surface area contributed by atoms with E-state index >= 15 is 0 Å². The molecule has 1 heterocycles. The highest BCUT2D eigenvalue weighted by Crippen LogP contribution is 2.13. The maximum atomic E-state index is 13.1. The molecule has 0 aromatic carbocycles. The van der Waals surface area contributed by atoms with Gasteiger partial charge in [-0.05, 0) is 19.5 Å². The largest absolute Gasteiger partial charge is 0.380 e. The van der Waals surface area contributed by atoms with E-state index in [-0.39, 0.29) is 11.9 Å². The maximum absolute atomic E-state index is 13.1. The number of hydrogen-bond acceptors (Lipinski definition) is 4. The lowest BCUT2D eigenvalue weighted by atomic mass is 10.2. The molecule has 0 fully saturated rings. The number of rotatable bonds is 7. The molecule has 17 heavy (non-hydrogen) atoms. The first kappa shape index (κ1) is 13.9. The van der Waals surface area contributed by atoms with Crippen molar-refractivity contribution in [2.45, 2.75) is 26.5 Å². The molecule has 0 bridgehead atoms. The van der Waals surface area contributed by atoms with Crippen molar-refractivity contribution in [3.05, 3.63) is 23.6 Å². The van der Waals surface area contributed by atoms with Crippen LogP contribution in [-0.2, 0) is 11.3 Å². The number of ether oxygens (including phenoxy) is 1. The third kappa shape index (κ3) is 4.66. The molecule has 0 saturated carbocycles. The molecule has 0 spiro atoms. The van der Waals surface area contributed by atoms with E-state index in [0.717, 1.165) is 12.1 Å². The molecule has 2 N–H and O–H groups in total. The number of nitrogens with zero attached hydrogens (tertiary/aromatic N) is 1. The van der Waals surface area contributed by atoms with Gasteiger partial charge in [0.2, 0.25) is 0 Å². The fourth-order valence-electron chi connectivity index (χ4n) is 1.36. The molecule has 0 amide bonds. The van der Waals surface area contributed by atoms with Crippen LogP contribution in [0.5, 0.6) is 0 Å². The first-order valence-corrected chi connectivity index (χ1v) is 5.79. The normalized spacial score (nSPS) is 12.5. The second-order valence-corrected chi connectivity index (χ2v) is 3.87. The third-order valence-corrected chi connectivity index (χ3v) is 2.46. The zero-order valence-corrected chi connectivity index (χ0v) is 10.6. The van der Waals surface area contributed by atoms with Crippen LogP contribution in [0.2, 0.25) is 0 Å². The van der Waals surface area contributed by atoms with Gasteiger partial charge in [-0.2, -0.15) is 0 Å². The summed E-state index contributed by atoms with van der Waals surface area (Å²) in [5, 5.41) is 6.31. The minimum atomic E-state index is -0.316. The molecule has 0 aliphatic carbocycles. The Bertz CT molecular complexity index is 347. The van der Waals surface area contributed by atoms with Crippen LogP contribution in [0.1, 0.15) is 19.4 Å². The Labute approximate surface area is 102 Å². The molecular weight excluding hydrogens is 221 g/mol. The zero-order valence-electron chi connectivity index (χ0n) is 10.6. The lowest BCUT2D eigenvalue weighted by Gasteiger charge is -2.14. The Kier molecular flexibility index (Phi) is 5.86. The maximum Gasteiger partial charge on any atom is 0.141 e. The van der Waals surface area contributed by atoms with E-state index in [1.807, 2.05) is 13.8 Å². The van der Waals surface area contributed by atoms with Crippen LogP contribution in [-0.4, -0.2) is 31.3 Å². The molecule has 5 heteroatoms. The van der Waals surface area contributed by atoms with Gasteiger partial charge < -0.3 is 15.4 Å². The summed E-state index contributed by atoms with van der Waals surface area (Å²) in [6.07, 6.45) is 1.31. The van der Waals surface area contributed by atoms with E-state index in [9.17, 15) is 4.39 Å². The minimum Gasteiger partial charge on any atom is -0.380 e. The van der Waals surface area contributed by atoms with E-state index in [1.165, 1.54) is 12.3 Å². The Balaban J connectivity index is 2.68. The van der Waals surface area contributed by atoms with Gasteiger partial charge in [0, 0.05) is 25.8 Å². The van der Waals surface area contributed by atoms with Gasteiger partial charge >= 0.3 is 0 Å². The number of nitrogens with one attached hydrogen (secondary N) is 2. The highest BCUT2D eigenvalue weighted by molar-refractivity contribution is 5.44. The van der Waals surface area contributed by atoms with Crippen LogP contribution in [0.4, 0.5) is 10.2 Å². The molecule has 96 valence electrons. The fraction of sp³-hybridized carbons (Fsp3) is 0.583. The Morgan fingerprint density at radius 2 is 2.29 bits per heavy atom. The van der Waals surface area contributed by atoms with Crippen molar-refractivity contribution in [3.63, 3.8) is 0 Å². The monoisotopic (exact) mass is 241 g/mol. The summed E-state index contributed by atoms with van der Waals surface area (Å²) in [4.78, 5) is 4.06. The predicted octanol–water partition coefficient (Wildman–Crippen LogP) is 1.78. The van der Waals surface area contributed by atoms with Crippen LogP contribution < -0.4 is 10.6 Å². The van der Waals surface area contributed by atoms with Gasteiger partial charge in [0.25, 0.3) is 0 Å². The van der Waals surface area contributed by atoms with Crippen molar-refractivity contribution in [3.8, 4) is 0 Å². The van der Waals surface area contributed by atoms with E-state index in [4.69, 9.17) is 4.74 Å². The number of methoxy groups -OCH3 is 1. The summed E-state index contributed by atoms with van der Waals surface area (Å²) in [5.74, 6) is 0.388. The van der Waals surface area contributed by atoms with Crippen molar-refractivity contribution in [1.29, 1.82) is 0 Å². The molecular formula is C12H20FN3O. The van der Waals surface area contributed by atoms with Crippen molar-refractivity contribution in [2.75, 3.05) is 25.5 Å². The Morgan fingerprint density at radius 3 is 2.94 bits per heavy atom. The van der Waals surface area contributed by atoms with Crippen LogP contribution in [0, 0.1) is 5.82 Å². The zero-order chi connectivity index (χ0) is 12.7. The summed E-state index contributed by atoms with van der Waals surface area (Å²) in [6, 6.07) is 1.50. The van der Waals surface area contributed by atoms with Crippen molar-refractivity contribution >= 4 is 5.82 Å². The van der Waals surface area contributed by atoms with Gasteiger partial charge in [-0.25, -0.2) is 9.37 Å². The van der Waals surface area contributed by atoms with Crippen molar-refractivity contribution in [1.82, 2.24) is 10.3 Å². The Hall–Kier alpha value is -1.20. The number of aromatic nitrogens is 1. The second-order valence-electron chi connectivity index (χ2n) is 3.87. The quantitative estimate of drug-likeness (QED) is 0.764. The molecule has 1 aromatic heterocycles. The highest BCUT2D eigenvalue weighted by Gasteiger charge is 2.07. The van der Waals surface area contributed by atoms with E-state index in [2.05, 4.69) is 15.6 Å². The molecule has 1 aromatic rings. The van der Waals surface area contributed by atoms with Gasteiger partial charge in [0.1, 0.15) is 11.6 Å². The van der Waals surface area contributed by atoms with Crippen molar-refractivity contribution < 1.29 is 9.13 Å². The molecule has 0 saturated heterocycles. The predicted molar refractivity (Wildman–Crippen MR) is 66.5 cm³/mol. The Morgan fingerprint density at radius 1 is 1.53 bits per heavy atom. The molecule has 0 aliphatic heterocycles. The SMILES string of the molecule is CCNCc1cc(F)cnc1NCC(C)OC. The topological polar surface area (TPSA) is 46.2 Å². The van der Waals surface area contributed by atoms with E-state index < -0.39 is 0 Å². The number of hydrogen-bond donors (Lipinski definition) is 2. The van der Waals surface area contributed by atoms with Crippen LogP contribution >= 0.6 is 0 Å². The molecule has 4 nitrogen and oxygen atoms in total. The third-order valence-electron chi connectivity index (χ3n) is 2.46. The second kappa shape index (κ2) is 7.19. The van der Waals surface area contributed by atoms with Gasteiger partial charge in [0.05, 0.1) is 12.3 Å². The molecule has 1 rings (SSSR count). The molecule has 0 aliphatic rings. The molecule has 0 radical (unpaired) electrons. The lowest BCUT2D eigenvalue weighted by molar-refractivity contribution is 0.128. The first-order valence-electron chi connectivity index (χ1n) is 5.79.